The molecule has 0 aliphatic carbocycles. The fraction of sp³-hybridized carbons (Fsp3) is 0.923. The number of hydrogen-bond acceptors (Lipinski definition) is 7. The van der Waals surface area contributed by atoms with Crippen molar-refractivity contribution in [2.45, 2.75) is 32.8 Å². The zero-order valence-corrected chi connectivity index (χ0v) is 15.1. The predicted octanol–water partition coefficient (Wildman–Crippen LogP) is 3.44. The maximum atomic E-state index is 11.4. The monoisotopic (exact) mass is 351 g/mol. The molecule has 0 aromatic rings. The maximum Gasteiger partial charge on any atom is 0.308 e. The third kappa shape index (κ3) is 17.5. The SMILES string of the molecule is CC(C)(C)OC(=O)CCOCCOCCSSCCN=[N+]=[N-]. The second kappa shape index (κ2) is 14.0. The minimum absolute atomic E-state index is 0.248. The van der Waals surface area contributed by atoms with Gasteiger partial charge in [-0.1, -0.05) is 26.7 Å². The van der Waals surface area contributed by atoms with Gasteiger partial charge in [-0.2, -0.15) is 0 Å². The number of esters is 1. The van der Waals surface area contributed by atoms with Crippen molar-refractivity contribution < 1.29 is 19.0 Å². The largest absolute Gasteiger partial charge is 0.460 e. The summed E-state index contributed by atoms with van der Waals surface area (Å²) in [5.41, 5.74) is 7.64. The fourth-order valence-electron chi connectivity index (χ4n) is 1.20. The second-order valence-electron chi connectivity index (χ2n) is 5.16. The topological polar surface area (TPSA) is 93.5 Å². The van der Waals surface area contributed by atoms with Gasteiger partial charge in [0, 0.05) is 23.0 Å². The van der Waals surface area contributed by atoms with Gasteiger partial charge in [-0.25, -0.2) is 0 Å². The molecule has 0 atom stereocenters. The van der Waals surface area contributed by atoms with Crippen molar-refractivity contribution >= 4 is 27.6 Å². The van der Waals surface area contributed by atoms with Crippen LogP contribution in [-0.4, -0.2) is 56.0 Å². The quantitative estimate of drug-likeness (QED) is 0.126. The molecule has 0 fully saturated rings. The van der Waals surface area contributed by atoms with Gasteiger partial charge in [0.25, 0.3) is 0 Å². The fourth-order valence-corrected chi connectivity index (χ4v) is 2.92. The molecule has 0 N–H and O–H groups in total. The molecule has 0 bridgehead atoms. The first-order valence-corrected chi connectivity index (χ1v) is 9.57. The van der Waals surface area contributed by atoms with Crippen LogP contribution in [0.1, 0.15) is 27.2 Å². The number of hydrogen-bond donors (Lipinski definition) is 0. The van der Waals surface area contributed by atoms with Gasteiger partial charge in [0.1, 0.15) is 5.60 Å². The lowest BCUT2D eigenvalue weighted by Crippen LogP contribution is -2.24. The van der Waals surface area contributed by atoms with E-state index < -0.39 is 5.60 Å². The molecule has 0 aromatic heterocycles. The van der Waals surface area contributed by atoms with E-state index in [1.165, 1.54) is 0 Å². The standard InChI is InChI=1S/C13H25N3O4S2/c1-13(2,3)20-12(17)4-6-18-7-8-19-9-11-22-21-10-5-15-16-14/h4-11H2,1-3H3. The van der Waals surface area contributed by atoms with Gasteiger partial charge in [-0.15, -0.1) is 0 Å². The summed E-state index contributed by atoms with van der Waals surface area (Å²) in [7, 11) is 3.35. The Balaban J connectivity index is 3.20. The Hall–Kier alpha value is -0.600. The Morgan fingerprint density at radius 1 is 1.09 bits per heavy atom. The number of nitrogens with zero attached hydrogens (tertiary/aromatic N) is 3. The summed E-state index contributed by atoms with van der Waals surface area (Å²) >= 11 is 0. The molecule has 0 radical (unpaired) electrons. The highest BCUT2D eigenvalue weighted by Crippen LogP contribution is 2.20. The van der Waals surface area contributed by atoms with Gasteiger partial charge < -0.3 is 14.2 Å². The molecule has 0 heterocycles. The van der Waals surface area contributed by atoms with E-state index in [4.69, 9.17) is 19.7 Å². The van der Waals surface area contributed by atoms with Crippen LogP contribution in [-0.2, 0) is 19.0 Å². The number of azide groups is 1. The lowest BCUT2D eigenvalue weighted by atomic mass is 10.2. The van der Waals surface area contributed by atoms with Gasteiger partial charge in [0.15, 0.2) is 0 Å². The van der Waals surface area contributed by atoms with E-state index in [1.807, 2.05) is 20.8 Å². The Morgan fingerprint density at radius 3 is 2.36 bits per heavy atom. The van der Waals surface area contributed by atoms with Crippen LogP contribution >= 0.6 is 21.6 Å². The highest BCUT2D eigenvalue weighted by atomic mass is 33.1. The Kier molecular flexibility index (Phi) is 13.6. The maximum absolute atomic E-state index is 11.4. The molecule has 0 aromatic carbocycles. The Bertz CT molecular complexity index is 345. The number of carbonyl (C=O) groups excluding carboxylic acids is 1. The number of rotatable bonds is 13. The van der Waals surface area contributed by atoms with Crippen molar-refractivity contribution in [2.75, 3.05) is 44.5 Å². The highest BCUT2D eigenvalue weighted by molar-refractivity contribution is 8.76. The van der Waals surface area contributed by atoms with Gasteiger partial charge in [0.05, 0.1) is 32.8 Å². The molecule has 0 aliphatic rings. The van der Waals surface area contributed by atoms with Crippen LogP contribution in [0.3, 0.4) is 0 Å². The average molecular weight is 351 g/mol. The van der Waals surface area contributed by atoms with Gasteiger partial charge in [0.2, 0.25) is 0 Å². The molecule has 0 aliphatic heterocycles. The first kappa shape index (κ1) is 21.4. The van der Waals surface area contributed by atoms with E-state index in [9.17, 15) is 4.79 Å². The molecular formula is C13H25N3O4S2. The van der Waals surface area contributed by atoms with Gasteiger partial charge in [-0.05, 0) is 26.3 Å². The lowest BCUT2D eigenvalue weighted by Gasteiger charge is -2.19. The zero-order valence-electron chi connectivity index (χ0n) is 13.4. The van der Waals surface area contributed by atoms with Crippen molar-refractivity contribution in [2.24, 2.45) is 5.11 Å². The van der Waals surface area contributed by atoms with Gasteiger partial charge >= 0.3 is 5.97 Å². The summed E-state index contributed by atoms with van der Waals surface area (Å²) in [6.07, 6.45) is 0.259. The third-order valence-corrected chi connectivity index (χ3v) is 4.32. The van der Waals surface area contributed by atoms with Crippen molar-refractivity contribution in [1.82, 2.24) is 0 Å². The van der Waals surface area contributed by atoms with E-state index in [-0.39, 0.29) is 12.4 Å². The molecule has 7 nitrogen and oxygen atoms in total. The summed E-state index contributed by atoms with van der Waals surface area (Å²) < 4.78 is 15.9. The lowest BCUT2D eigenvalue weighted by molar-refractivity contribution is -0.156. The van der Waals surface area contributed by atoms with E-state index >= 15 is 0 Å². The molecule has 0 unspecified atom stereocenters. The minimum Gasteiger partial charge on any atom is -0.460 e. The van der Waals surface area contributed by atoms with Crippen molar-refractivity contribution in [1.29, 1.82) is 0 Å². The normalized spacial score (nSPS) is 11.0. The van der Waals surface area contributed by atoms with Crippen molar-refractivity contribution in [3.05, 3.63) is 10.4 Å². The minimum atomic E-state index is -0.448. The molecule has 0 amide bonds. The molecule has 0 saturated heterocycles. The molecule has 0 saturated carbocycles. The molecule has 128 valence electrons. The van der Waals surface area contributed by atoms with Crippen LogP contribution in [0.25, 0.3) is 10.4 Å². The summed E-state index contributed by atoms with van der Waals surface area (Å²) in [5, 5.41) is 3.45. The molecule has 22 heavy (non-hydrogen) atoms. The Morgan fingerprint density at radius 2 is 1.73 bits per heavy atom. The van der Waals surface area contributed by atoms with Crippen molar-refractivity contribution in [3.63, 3.8) is 0 Å². The van der Waals surface area contributed by atoms with Crippen LogP contribution in [0.15, 0.2) is 5.11 Å². The van der Waals surface area contributed by atoms with Crippen LogP contribution in [0.5, 0.6) is 0 Å². The molecule has 0 rings (SSSR count). The van der Waals surface area contributed by atoms with E-state index in [1.54, 1.807) is 21.6 Å². The summed E-state index contributed by atoms with van der Waals surface area (Å²) in [4.78, 5) is 14.1. The van der Waals surface area contributed by atoms with Gasteiger partial charge in [-0.3, -0.25) is 4.79 Å². The number of ether oxygens (including phenoxy) is 3. The first-order valence-electron chi connectivity index (χ1n) is 7.08. The second-order valence-corrected chi connectivity index (χ2v) is 7.86. The van der Waals surface area contributed by atoms with E-state index in [0.29, 0.717) is 33.0 Å². The van der Waals surface area contributed by atoms with Crippen molar-refractivity contribution in [3.8, 4) is 0 Å². The van der Waals surface area contributed by atoms with E-state index in [2.05, 4.69) is 10.0 Å². The third-order valence-electron chi connectivity index (χ3n) is 1.97. The summed E-state index contributed by atoms with van der Waals surface area (Å²) in [5.74, 6) is 1.43. The van der Waals surface area contributed by atoms with Crippen LogP contribution in [0, 0.1) is 0 Å². The average Bonchev–Trinajstić information content (AvgIpc) is 2.42. The first-order chi connectivity index (χ1) is 10.5. The van der Waals surface area contributed by atoms with Crippen LogP contribution < -0.4 is 0 Å². The van der Waals surface area contributed by atoms with E-state index in [0.717, 1.165) is 11.5 Å². The molecular weight excluding hydrogens is 326 g/mol. The summed E-state index contributed by atoms with van der Waals surface area (Å²) in [6, 6.07) is 0. The van der Waals surface area contributed by atoms with Crippen LogP contribution in [0.4, 0.5) is 0 Å². The molecule has 0 spiro atoms. The highest BCUT2D eigenvalue weighted by Gasteiger charge is 2.15. The van der Waals surface area contributed by atoms with Crippen LogP contribution in [0.2, 0.25) is 0 Å². The Labute approximate surface area is 139 Å². The smallest absolute Gasteiger partial charge is 0.308 e. The number of carbonyl (C=O) groups is 1. The summed E-state index contributed by atoms with van der Waals surface area (Å²) in [6.45, 7) is 8.01. The zero-order chi connectivity index (χ0) is 16.7. The molecule has 9 heteroatoms. The predicted molar refractivity (Wildman–Crippen MR) is 91.0 cm³/mol.